The fraction of sp³-hybridized carbons (Fsp3) is 0.125. The predicted octanol–water partition coefficient (Wildman–Crippen LogP) is 3.03. The summed E-state index contributed by atoms with van der Waals surface area (Å²) in [7, 11) is 1.46. The Balaban J connectivity index is 2.10. The number of hydrogen-bond acceptors (Lipinski definition) is 6. The van der Waals surface area contributed by atoms with Crippen molar-refractivity contribution in [3.63, 3.8) is 0 Å². The lowest BCUT2D eigenvalue weighted by Crippen LogP contribution is -1.96. The van der Waals surface area contributed by atoms with E-state index >= 15 is 0 Å². The number of methoxy groups -OCH3 is 1. The van der Waals surface area contributed by atoms with Crippen LogP contribution in [0.15, 0.2) is 47.6 Å². The van der Waals surface area contributed by atoms with Crippen LogP contribution in [-0.4, -0.2) is 18.2 Å². The lowest BCUT2D eigenvalue weighted by molar-refractivity contribution is -0.384. The Morgan fingerprint density at radius 2 is 2.13 bits per heavy atom. The van der Waals surface area contributed by atoms with E-state index in [1.54, 1.807) is 24.3 Å². The highest BCUT2D eigenvalue weighted by molar-refractivity contribution is 5.84. The SMILES string of the molecule is COc1ccc([N+](=O)[O-])cc1/C=N\OCc1ccccc1C#N. The zero-order chi connectivity index (χ0) is 16.7. The first-order chi connectivity index (χ1) is 11.2. The maximum Gasteiger partial charge on any atom is 0.270 e. The molecule has 0 amide bonds. The predicted molar refractivity (Wildman–Crippen MR) is 83.2 cm³/mol. The molecule has 23 heavy (non-hydrogen) atoms. The van der Waals surface area contributed by atoms with Gasteiger partial charge in [-0.1, -0.05) is 23.4 Å². The average molecular weight is 311 g/mol. The first-order valence-corrected chi connectivity index (χ1v) is 6.61. The highest BCUT2D eigenvalue weighted by Crippen LogP contribution is 2.22. The van der Waals surface area contributed by atoms with Gasteiger partial charge in [-0.15, -0.1) is 0 Å². The molecule has 2 rings (SSSR count). The number of nitriles is 1. The molecule has 2 aromatic rings. The van der Waals surface area contributed by atoms with Crippen LogP contribution in [0, 0.1) is 21.4 Å². The monoisotopic (exact) mass is 311 g/mol. The zero-order valence-corrected chi connectivity index (χ0v) is 12.3. The minimum Gasteiger partial charge on any atom is -0.496 e. The molecule has 0 aliphatic rings. The van der Waals surface area contributed by atoms with Crippen molar-refractivity contribution in [2.45, 2.75) is 6.61 Å². The number of nitrogens with zero attached hydrogens (tertiary/aromatic N) is 3. The lowest BCUT2D eigenvalue weighted by Gasteiger charge is -2.04. The second kappa shape index (κ2) is 7.56. The topological polar surface area (TPSA) is 97.8 Å². The Hall–Kier alpha value is -3.40. The standard InChI is InChI=1S/C16H13N3O4/c1-22-16-7-6-15(19(20)21)8-14(16)10-18-23-11-13-5-3-2-4-12(13)9-17/h2-8,10H,11H2,1H3/b18-10-. The Bertz CT molecular complexity index is 781. The Morgan fingerprint density at radius 3 is 2.83 bits per heavy atom. The summed E-state index contributed by atoms with van der Waals surface area (Å²) in [5.74, 6) is 0.445. The number of ether oxygens (including phenoxy) is 1. The van der Waals surface area contributed by atoms with E-state index in [0.29, 0.717) is 22.4 Å². The molecule has 0 aromatic heterocycles. The van der Waals surface area contributed by atoms with E-state index in [9.17, 15) is 10.1 Å². The van der Waals surface area contributed by atoms with Crippen molar-refractivity contribution in [2.24, 2.45) is 5.16 Å². The highest BCUT2D eigenvalue weighted by atomic mass is 16.6. The van der Waals surface area contributed by atoms with Crippen molar-refractivity contribution in [1.82, 2.24) is 0 Å². The summed E-state index contributed by atoms with van der Waals surface area (Å²) >= 11 is 0. The summed E-state index contributed by atoms with van der Waals surface area (Å²) in [6.07, 6.45) is 1.33. The van der Waals surface area contributed by atoms with Gasteiger partial charge in [0.15, 0.2) is 0 Å². The lowest BCUT2D eigenvalue weighted by atomic mass is 10.1. The summed E-state index contributed by atoms with van der Waals surface area (Å²) in [5, 5.41) is 23.6. The molecule has 0 spiro atoms. The summed E-state index contributed by atoms with van der Waals surface area (Å²) in [6.45, 7) is 0.122. The van der Waals surface area contributed by atoms with Crippen molar-refractivity contribution in [1.29, 1.82) is 5.26 Å². The quantitative estimate of drug-likeness (QED) is 0.464. The smallest absolute Gasteiger partial charge is 0.270 e. The number of benzene rings is 2. The van der Waals surface area contributed by atoms with Crippen LogP contribution in [0.5, 0.6) is 5.75 Å². The maximum absolute atomic E-state index is 10.8. The van der Waals surface area contributed by atoms with Gasteiger partial charge in [0.2, 0.25) is 0 Å². The fourth-order valence-corrected chi connectivity index (χ4v) is 1.89. The Kier molecular flexibility index (Phi) is 5.25. The van der Waals surface area contributed by atoms with Crippen LogP contribution in [-0.2, 0) is 11.4 Å². The Labute approximate surface area is 132 Å². The largest absolute Gasteiger partial charge is 0.496 e. The summed E-state index contributed by atoms with van der Waals surface area (Å²) in [4.78, 5) is 15.5. The maximum atomic E-state index is 10.8. The molecule has 0 saturated heterocycles. The Morgan fingerprint density at radius 1 is 1.35 bits per heavy atom. The van der Waals surface area contributed by atoms with Crippen molar-refractivity contribution in [3.05, 3.63) is 69.3 Å². The molecule has 0 bridgehead atoms. The number of oxime groups is 1. The van der Waals surface area contributed by atoms with Crippen molar-refractivity contribution in [2.75, 3.05) is 7.11 Å². The van der Waals surface area contributed by atoms with Gasteiger partial charge in [-0.2, -0.15) is 5.26 Å². The number of nitro groups is 1. The van der Waals surface area contributed by atoms with E-state index in [0.717, 1.165) is 0 Å². The second-order valence-corrected chi connectivity index (χ2v) is 4.46. The molecular formula is C16H13N3O4. The molecule has 7 nitrogen and oxygen atoms in total. The van der Waals surface area contributed by atoms with Gasteiger partial charge in [-0.25, -0.2) is 0 Å². The zero-order valence-electron chi connectivity index (χ0n) is 12.3. The third-order valence-electron chi connectivity index (χ3n) is 3.05. The van der Waals surface area contributed by atoms with Crippen molar-refractivity contribution in [3.8, 4) is 11.8 Å². The van der Waals surface area contributed by atoms with Gasteiger partial charge in [-0.05, 0) is 12.1 Å². The molecule has 0 fully saturated rings. The molecule has 0 aliphatic heterocycles. The van der Waals surface area contributed by atoms with Crippen LogP contribution in [0.25, 0.3) is 0 Å². The first kappa shape index (κ1) is 16.0. The highest BCUT2D eigenvalue weighted by Gasteiger charge is 2.10. The average Bonchev–Trinajstić information content (AvgIpc) is 2.58. The van der Waals surface area contributed by atoms with Crippen LogP contribution in [0.3, 0.4) is 0 Å². The molecule has 7 heteroatoms. The van der Waals surface area contributed by atoms with E-state index in [-0.39, 0.29) is 12.3 Å². The van der Waals surface area contributed by atoms with E-state index in [1.165, 1.54) is 31.5 Å². The van der Waals surface area contributed by atoms with Crippen molar-refractivity contribution < 1.29 is 14.5 Å². The summed E-state index contributed by atoms with van der Waals surface area (Å²) in [5.41, 5.74) is 1.58. The van der Waals surface area contributed by atoms with Gasteiger partial charge in [0.05, 0.1) is 29.9 Å². The summed E-state index contributed by atoms with van der Waals surface area (Å²) in [6, 6.07) is 13.3. The van der Waals surface area contributed by atoms with E-state index in [4.69, 9.17) is 14.8 Å². The molecule has 0 unspecified atom stereocenters. The number of rotatable bonds is 6. The molecule has 0 aliphatic carbocycles. The minimum absolute atomic E-state index is 0.0675. The normalized spacial score (nSPS) is 10.3. The van der Waals surface area contributed by atoms with Gasteiger partial charge in [-0.3, -0.25) is 10.1 Å². The van der Waals surface area contributed by atoms with Crippen LogP contribution >= 0.6 is 0 Å². The van der Waals surface area contributed by atoms with E-state index in [1.807, 2.05) is 0 Å². The van der Waals surface area contributed by atoms with E-state index in [2.05, 4.69) is 11.2 Å². The van der Waals surface area contributed by atoms with Gasteiger partial charge < -0.3 is 9.57 Å². The molecule has 0 saturated carbocycles. The third-order valence-corrected chi connectivity index (χ3v) is 3.05. The van der Waals surface area contributed by atoms with E-state index < -0.39 is 4.92 Å². The summed E-state index contributed by atoms with van der Waals surface area (Å²) < 4.78 is 5.12. The molecule has 0 atom stereocenters. The number of non-ortho nitro benzene ring substituents is 1. The molecule has 0 heterocycles. The molecule has 0 N–H and O–H groups in total. The fourth-order valence-electron chi connectivity index (χ4n) is 1.89. The van der Waals surface area contributed by atoms with Gasteiger partial charge >= 0.3 is 0 Å². The van der Waals surface area contributed by atoms with Gasteiger partial charge in [0.1, 0.15) is 12.4 Å². The van der Waals surface area contributed by atoms with Crippen LogP contribution in [0.2, 0.25) is 0 Å². The van der Waals surface area contributed by atoms with Gasteiger partial charge in [0.25, 0.3) is 5.69 Å². The molecule has 0 radical (unpaired) electrons. The second-order valence-electron chi connectivity index (χ2n) is 4.46. The third kappa shape index (κ3) is 4.04. The van der Waals surface area contributed by atoms with Crippen LogP contribution < -0.4 is 4.74 Å². The molecule has 116 valence electrons. The number of hydrogen-bond donors (Lipinski definition) is 0. The molecule has 2 aromatic carbocycles. The minimum atomic E-state index is -0.499. The first-order valence-electron chi connectivity index (χ1n) is 6.61. The van der Waals surface area contributed by atoms with Crippen LogP contribution in [0.4, 0.5) is 5.69 Å². The number of nitro benzene ring substituents is 1. The molecular weight excluding hydrogens is 298 g/mol. The van der Waals surface area contributed by atoms with Crippen LogP contribution in [0.1, 0.15) is 16.7 Å². The van der Waals surface area contributed by atoms with Gasteiger partial charge in [0, 0.05) is 23.3 Å². The van der Waals surface area contributed by atoms with Crippen molar-refractivity contribution >= 4 is 11.9 Å².